The van der Waals surface area contributed by atoms with Crippen molar-refractivity contribution >= 4 is 25.2 Å². The van der Waals surface area contributed by atoms with Crippen LogP contribution < -0.4 is 5.09 Å². The predicted octanol–water partition coefficient (Wildman–Crippen LogP) is 1.31. The number of carboxylic acids is 1. The van der Waals surface area contributed by atoms with Crippen molar-refractivity contribution in [1.29, 1.82) is 0 Å². The van der Waals surface area contributed by atoms with Crippen LogP contribution in [-0.4, -0.2) is 25.9 Å². The number of carboxylic acid groups (broad SMARTS) is 1. The summed E-state index contributed by atoms with van der Waals surface area (Å²) >= 11 is 0. The van der Waals surface area contributed by atoms with E-state index in [1.807, 2.05) is 6.92 Å². The van der Waals surface area contributed by atoms with E-state index in [1.165, 1.54) is 0 Å². The van der Waals surface area contributed by atoms with Crippen LogP contribution in [0.1, 0.15) is 21.7 Å². The maximum Gasteiger partial charge on any atom is 0.610 e. The topological polar surface area (TPSA) is 115 Å². The zero-order chi connectivity index (χ0) is 13.3. The Bertz CT molecular complexity index is 637. The fourth-order valence-electron chi connectivity index (χ4n) is 1.70. The van der Waals surface area contributed by atoms with Crippen molar-refractivity contribution < 1.29 is 19.4 Å². The third-order valence-corrected chi connectivity index (χ3v) is 3.02. The molecule has 0 saturated carbocycles. The van der Waals surface area contributed by atoms with Gasteiger partial charge in [0.15, 0.2) is 0 Å². The Morgan fingerprint density at radius 2 is 2.28 bits per heavy atom. The molecule has 0 radical (unpaired) electrons. The fourth-order valence-corrected chi connectivity index (χ4v) is 2.00. The molecule has 0 amide bonds. The minimum absolute atomic E-state index is 0.148. The van der Waals surface area contributed by atoms with Gasteiger partial charge in [0.2, 0.25) is 5.82 Å². The van der Waals surface area contributed by atoms with Crippen LogP contribution in [-0.2, 0) is 11.1 Å². The van der Waals surface area contributed by atoms with Crippen molar-refractivity contribution in [1.82, 2.24) is 15.1 Å². The van der Waals surface area contributed by atoms with Crippen molar-refractivity contribution in [2.75, 3.05) is 0 Å². The number of aromatic carboxylic acids is 1. The summed E-state index contributed by atoms with van der Waals surface area (Å²) in [5.74, 6) is -1.29. The summed E-state index contributed by atoms with van der Waals surface area (Å²) in [5.41, 5.74) is 2.66. The molecule has 4 N–H and O–H groups in total. The second kappa shape index (κ2) is 4.81. The first-order chi connectivity index (χ1) is 8.49. The van der Waals surface area contributed by atoms with Gasteiger partial charge in [-0.15, -0.1) is 4.89 Å². The molecule has 1 aromatic carbocycles. The average molecular weight is 268 g/mol. The van der Waals surface area contributed by atoms with E-state index in [-0.39, 0.29) is 12.4 Å². The van der Waals surface area contributed by atoms with Crippen LogP contribution in [0, 0.1) is 6.92 Å². The molecular formula is C10H11N3O4P+. The van der Waals surface area contributed by atoms with Crippen LogP contribution in [0.15, 0.2) is 12.1 Å². The number of hydrogen-bond acceptors (Lipinski definition) is 3. The van der Waals surface area contributed by atoms with Crippen LogP contribution >= 0.6 is 8.18 Å². The molecule has 0 spiro atoms. The Morgan fingerprint density at radius 3 is 2.89 bits per heavy atom. The second-order valence-corrected chi connectivity index (χ2v) is 4.62. The summed E-state index contributed by atoms with van der Waals surface area (Å²) in [6.45, 7) is 1.98. The summed E-state index contributed by atoms with van der Waals surface area (Å²) in [6, 6.07) is 3.53. The van der Waals surface area contributed by atoms with E-state index in [2.05, 4.69) is 15.1 Å². The van der Waals surface area contributed by atoms with Gasteiger partial charge >= 0.3 is 14.1 Å². The zero-order valence-electron chi connectivity index (χ0n) is 9.47. The molecular weight excluding hydrogens is 257 g/mol. The number of benzene rings is 1. The Labute approximate surface area is 103 Å². The lowest BCUT2D eigenvalue weighted by Crippen LogP contribution is -2.05. The minimum atomic E-state index is -2.45. The van der Waals surface area contributed by atoms with E-state index in [0.717, 1.165) is 5.56 Å². The van der Waals surface area contributed by atoms with E-state index in [1.54, 1.807) is 12.1 Å². The monoisotopic (exact) mass is 268 g/mol. The first kappa shape index (κ1) is 12.6. The minimum Gasteiger partial charge on any atom is -0.475 e. The number of hydrogen-bond donors (Lipinski definition) is 4. The maximum absolute atomic E-state index is 10.8. The lowest BCUT2D eigenvalue weighted by atomic mass is 10.1. The van der Waals surface area contributed by atoms with Gasteiger partial charge in [-0.05, 0) is 23.1 Å². The van der Waals surface area contributed by atoms with Crippen molar-refractivity contribution in [3.8, 4) is 0 Å². The molecule has 7 nitrogen and oxygen atoms in total. The van der Waals surface area contributed by atoms with Gasteiger partial charge in [0.1, 0.15) is 0 Å². The van der Waals surface area contributed by atoms with Crippen LogP contribution in [0.2, 0.25) is 0 Å². The van der Waals surface area contributed by atoms with Crippen molar-refractivity contribution in [2.45, 2.75) is 13.5 Å². The number of imidazole rings is 1. The van der Waals surface area contributed by atoms with Crippen LogP contribution in [0.25, 0.3) is 11.0 Å². The largest absolute Gasteiger partial charge is 0.610 e. The smallest absolute Gasteiger partial charge is 0.475 e. The first-order valence-electron chi connectivity index (χ1n) is 5.10. The molecule has 0 aliphatic rings. The Balaban J connectivity index is 2.51. The van der Waals surface area contributed by atoms with E-state index >= 15 is 0 Å². The van der Waals surface area contributed by atoms with Crippen molar-refractivity contribution in [3.63, 3.8) is 0 Å². The highest BCUT2D eigenvalue weighted by Gasteiger charge is 2.16. The number of nitrogens with one attached hydrogen (secondary N) is 2. The van der Waals surface area contributed by atoms with Crippen molar-refractivity contribution in [3.05, 3.63) is 29.1 Å². The van der Waals surface area contributed by atoms with E-state index in [4.69, 9.17) is 10.00 Å². The summed E-state index contributed by atoms with van der Waals surface area (Å²) < 4.78 is 10.6. The summed E-state index contributed by atoms with van der Waals surface area (Å²) in [5, 5.41) is 11.3. The van der Waals surface area contributed by atoms with Gasteiger partial charge in [-0.3, -0.25) is 0 Å². The van der Waals surface area contributed by atoms with Crippen LogP contribution in [0.5, 0.6) is 0 Å². The highest BCUT2D eigenvalue weighted by Crippen LogP contribution is 2.22. The molecule has 0 aliphatic carbocycles. The van der Waals surface area contributed by atoms with E-state index < -0.39 is 14.1 Å². The molecule has 1 heterocycles. The highest BCUT2D eigenvalue weighted by molar-refractivity contribution is 7.35. The standard InChI is InChI=1S/C10H10N3O4P/c1-5-2-3-7-8(6(5)4-11-18(16)17)13-9(12-7)10(14)15/h2-3H,4H2,1H3,(H3-,11,12,13,14,15,16,17)/p+1. The van der Waals surface area contributed by atoms with E-state index in [0.29, 0.717) is 16.6 Å². The molecule has 0 bridgehead atoms. The lowest BCUT2D eigenvalue weighted by Gasteiger charge is -2.02. The number of aromatic nitrogens is 2. The first-order valence-corrected chi connectivity index (χ1v) is 6.31. The second-order valence-electron chi connectivity index (χ2n) is 3.76. The predicted molar refractivity (Wildman–Crippen MR) is 64.5 cm³/mol. The number of aromatic amines is 1. The number of nitrogens with zero attached hydrogens (tertiary/aromatic N) is 1. The Hall–Kier alpha value is -1.82. The molecule has 1 unspecified atom stereocenters. The van der Waals surface area contributed by atoms with Crippen LogP contribution in [0.4, 0.5) is 0 Å². The SMILES string of the molecule is Cc1ccc2[nH]c(C(=O)O)nc2c1CN[P+](=O)O. The molecule has 0 aliphatic heterocycles. The third kappa shape index (κ3) is 2.38. The van der Waals surface area contributed by atoms with Crippen molar-refractivity contribution in [2.24, 2.45) is 0 Å². The van der Waals surface area contributed by atoms with Crippen LogP contribution in [0.3, 0.4) is 0 Å². The van der Waals surface area contributed by atoms with Gasteiger partial charge in [0, 0.05) is 5.56 Å². The molecule has 0 saturated heterocycles. The molecule has 2 aromatic rings. The molecule has 0 fully saturated rings. The van der Waals surface area contributed by atoms with Gasteiger partial charge in [0.05, 0.1) is 17.6 Å². The Morgan fingerprint density at radius 1 is 1.56 bits per heavy atom. The van der Waals surface area contributed by atoms with Gasteiger partial charge < -0.3 is 10.1 Å². The number of fused-ring (bicyclic) bond motifs is 1. The lowest BCUT2D eigenvalue weighted by molar-refractivity contribution is 0.0685. The molecule has 8 heteroatoms. The quantitative estimate of drug-likeness (QED) is 0.621. The van der Waals surface area contributed by atoms with E-state index in [9.17, 15) is 9.36 Å². The zero-order valence-corrected chi connectivity index (χ0v) is 10.4. The van der Waals surface area contributed by atoms with Gasteiger partial charge in [-0.2, -0.15) is 0 Å². The fraction of sp³-hybridized carbons (Fsp3) is 0.200. The third-order valence-electron chi connectivity index (χ3n) is 2.59. The molecule has 94 valence electrons. The summed E-state index contributed by atoms with van der Waals surface area (Å²) in [6.07, 6.45) is 0. The average Bonchev–Trinajstić information content (AvgIpc) is 2.71. The normalized spacial score (nSPS) is 11.8. The highest BCUT2D eigenvalue weighted by atomic mass is 31.1. The maximum atomic E-state index is 10.8. The molecule has 2 rings (SSSR count). The van der Waals surface area contributed by atoms with Gasteiger partial charge in [-0.25, -0.2) is 9.78 Å². The van der Waals surface area contributed by atoms with Gasteiger partial charge in [0.25, 0.3) is 0 Å². The van der Waals surface area contributed by atoms with Gasteiger partial charge in [-0.1, -0.05) is 11.2 Å². The number of rotatable bonds is 4. The summed E-state index contributed by atoms with van der Waals surface area (Å²) in [7, 11) is -2.45. The number of aryl methyl sites for hydroxylation is 1. The molecule has 18 heavy (non-hydrogen) atoms. The number of carbonyl (C=O) groups is 1. The number of H-pyrrole nitrogens is 1. The molecule has 1 atom stereocenters. The molecule has 1 aromatic heterocycles. The summed E-state index contributed by atoms with van der Waals surface area (Å²) in [4.78, 5) is 26.2. The Kier molecular flexibility index (Phi) is 3.38.